The molecule has 0 saturated heterocycles. The van der Waals surface area contributed by atoms with Gasteiger partial charge in [0.15, 0.2) is 11.6 Å². The fourth-order valence-corrected chi connectivity index (χ4v) is 1.91. The Hall–Kier alpha value is -0.460. The molecule has 2 nitrogen and oxygen atoms in total. The van der Waals surface area contributed by atoms with Crippen molar-refractivity contribution in [1.29, 1.82) is 0 Å². The summed E-state index contributed by atoms with van der Waals surface area (Å²) in [5.74, 6) is -1.97. The van der Waals surface area contributed by atoms with E-state index in [-0.39, 0.29) is 5.56 Å². The first kappa shape index (κ1) is 14.6. The summed E-state index contributed by atoms with van der Waals surface area (Å²) in [4.78, 5) is 0. The largest absolute Gasteiger partial charge is 0.591 e. The van der Waals surface area contributed by atoms with E-state index in [0.717, 1.165) is 12.3 Å². The molecular weight excluding hydrogens is 312 g/mol. The highest BCUT2D eigenvalue weighted by atomic mass is 79.9. The minimum absolute atomic E-state index is 0.0329. The highest BCUT2D eigenvalue weighted by molar-refractivity contribution is 9.10. The van der Waals surface area contributed by atoms with E-state index in [1.807, 2.05) is 0 Å². The van der Waals surface area contributed by atoms with Gasteiger partial charge in [-0.25, -0.2) is 8.78 Å². The normalized spacial score (nSPS) is 14.3. The standard InChI is InChI=1S/C11H12BrF2NOS/c1-11(2,3)17(16)15-6-7-4-8(12)5-9(13)10(7)14/h4-6H,1-3H3/t17-/m1/s1. The monoisotopic (exact) mass is 323 g/mol. The lowest BCUT2D eigenvalue weighted by molar-refractivity contribution is 0.507. The molecule has 0 aliphatic carbocycles. The molecule has 0 fully saturated rings. The Kier molecular flexibility index (Phi) is 4.69. The van der Waals surface area contributed by atoms with Gasteiger partial charge in [0, 0.05) is 10.0 Å². The van der Waals surface area contributed by atoms with Crippen LogP contribution in [0.25, 0.3) is 0 Å². The predicted molar refractivity (Wildman–Crippen MR) is 69.5 cm³/mol. The van der Waals surface area contributed by atoms with Crippen LogP contribution in [0, 0.1) is 11.6 Å². The number of hydrogen-bond acceptors (Lipinski definition) is 2. The van der Waals surface area contributed by atoms with Crippen LogP contribution < -0.4 is 0 Å². The Morgan fingerprint density at radius 3 is 2.47 bits per heavy atom. The van der Waals surface area contributed by atoms with E-state index in [4.69, 9.17) is 0 Å². The fourth-order valence-electron chi connectivity index (χ4n) is 0.933. The van der Waals surface area contributed by atoms with Crippen molar-refractivity contribution in [2.24, 2.45) is 4.40 Å². The van der Waals surface area contributed by atoms with Gasteiger partial charge < -0.3 is 4.55 Å². The Morgan fingerprint density at radius 1 is 1.35 bits per heavy atom. The van der Waals surface area contributed by atoms with Crippen LogP contribution in [0.1, 0.15) is 26.3 Å². The Labute approximate surface area is 111 Å². The molecule has 0 radical (unpaired) electrons. The Bertz CT molecular complexity index is 446. The second-order valence-electron chi connectivity index (χ2n) is 4.39. The SMILES string of the molecule is CC(C)(C)[S@@+]([O-])N=Cc1cc(Br)cc(F)c1F. The summed E-state index contributed by atoms with van der Waals surface area (Å²) in [6.07, 6.45) is 1.09. The number of benzene rings is 1. The number of nitrogens with zero attached hydrogens (tertiary/aromatic N) is 1. The maximum absolute atomic E-state index is 13.3. The second-order valence-corrected chi connectivity index (χ2v) is 7.24. The Balaban J connectivity index is 3.00. The molecule has 94 valence electrons. The summed E-state index contributed by atoms with van der Waals surface area (Å²) in [7, 11) is 0. The van der Waals surface area contributed by atoms with Crippen molar-refractivity contribution in [1.82, 2.24) is 0 Å². The van der Waals surface area contributed by atoms with E-state index >= 15 is 0 Å². The van der Waals surface area contributed by atoms with E-state index in [9.17, 15) is 13.3 Å². The first-order chi connectivity index (χ1) is 7.71. The van der Waals surface area contributed by atoms with Crippen molar-refractivity contribution in [3.63, 3.8) is 0 Å². The van der Waals surface area contributed by atoms with Gasteiger partial charge in [-0.3, -0.25) is 0 Å². The summed E-state index contributed by atoms with van der Waals surface area (Å²) < 4.78 is 41.6. The van der Waals surface area contributed by atoms with E-state index in [1.165, 1.54) is 6.07 Å². The van der Waals surface area contributed by atoms with E-state index in [2.05, 4.69) is 20.3 Å². The molecule has 0 saturated carbocycles. The van der Waals surface area contributed by atoms with Gasteiger partial charge in [0.1, 0.15) is 16.1 Å². The van der Waals surface area contributed by atoms with Gasteiger partial charge in [-0.1, -0.05) is 20.3 Å². The van der Waals surface area contributed by atoms with Gasteiger partial charge in [0.25, 0.3) is 0 Å². The predicted octanol–water partition coefficient (Wildman–Crippen LogP) is 3.61. The van der Waals surface area contributed by atoms with Gasteiger partial charge in [0.2, 0.25) is 0 Å². The molecule has 17 heavy (non-hydrogen) atoms. The molecular formula is C11H12BrF2NOS. The van der Waals surface area contributed by atoms with Crippen molar-refractivity contribution in [3.05, 3.63) is 33.8 Å². The second kappa shape index (κ2) is 5.46. The average molecular weight is 324 g/mol. The third-order valence-electron chi connectivity index (χ3n) is 1.83. The highest BCUT2D eigenvalue weighted by Gasteiger charge is 2.26. The molecule has 0 amide bonds. The summed E-state index contributed by atoms with van der Waals surface area (Å²) in [6, 6.07) is 2.40. The van der Waals surface area contributed by atoms with Crippen LogP contribution in [-0.2, 0) is 11.4 Å². The zero-order valence-corrected chi connectivity index (χ0v) is 12.0. The third-order valence-corrected chi connectivity index (χ3v) is 3.63. The maximum atomic E-state index is 13.3. The van der Waals surface area contributed by atoms with Crippen molar-refractivity contribution >= 4 is 33.5 Å². The molecule has 6 heteroatoms. The quantitative estimate of drug-likeness (QED) is 0.465. The van der Waals surface area contributed by atoms with E-state index in [0.29, 0.717) is 4.47 Å². The lowest BCUT2D eigenvalue weighted by Gasteiger charge is -2.17. The lowest BCUT2D eigenvalue weighted by Crippen LogP contribution is -2.25. The van der Waals surface area contributed by atoms with Crippen LogP contribution in [0.5, 0.6) is 0 Å². The molecule has 1 aromatic carbocycles. The maximum Gasteiger partial charge on any atom is 0.167 e. The van der Waals surface area contributed by atoms with E-state index < -0.39 is 27.7 Å². The van der Waals surface area contributed by atoms with Crippen molar-refractivity contribution in [2.75, 3.05) is 0 Å². The smallest absolute Gasteiger partial charge is 0.167 e. The summed E-state index contributed by atoms with van der Waals surface area (Å²) in [5, 5.41) is 0. The fraction of sp³-hybridized carbons (Fsp3) is 0.364. The molecule has 0 aliphatic rings. The van der Waals surface area contributed by atoms with Gasteiger partial charge in [-0.2, -0.15) is 0 Å². The molecule has 1 aromatic rings. The summed E-state index contributed by atoms with van der Waals surface area (Å²) in [5.41, 5.74) is -0.0329. The summed E-state index contributed by atoms with van der Waals surface area (Å²) >= 11 is 1.56. The number of halogens is 3. The van der Waals surface area contributed by atoms with Gasteiger partial charge >= 0.3 is 0 Å². The van der Waals surface area contributed by atoms with Gasteiger partial charge in [0.05, 0.1) is 6.21 Å². The zero-order valence-electron chi connectivity index (χ0n) is 9.63. The molecule has 1 rings (SSSR count). The molecule has 0 heterocycles. The molecule has 0 aliphatic heterocycles. The first-order valence-corrected chi connectivity index (χ1v) is 6.72. The average Bonchev–Trinajstić information content (AvgIpc) is 2.19. The van der Waals surface area contributed by atoms with Gasteiger partial charge in [-0.05, 0) is 32.9 Å². The topological polar surface area (TPSA) is 35.4 Å². The molecule has 0 spiro atoms. The first-order valence-electron chi connectivity index (χ1n) is 4.82. The summed E-state index contributed by atoms with van der Waals surface area (Å²) in [6.45, 7) is 5.24. The van der Waals surface area contributed by atoms with Crippen molar-refractivity contribution in [3.8, 4) is 0 Å². The van der Waals surface area contributed by atoms with Crippen LogP contribution in [0.2, 0.25) is 0 Å². The Morgan fingerprint density at radius 2 is 1.94 bits per heavy atom. The van der Waals surface area contributed by atoms with Crippen LogP contribution in [0.4, 0.5) is 8.78 Å². The highest BCUT2D eigenvalue weighted by Crippen LogP contribution is 2.20. The van der Waals surface area contributed by atoms with E-state index in [1.54, 1.807) is 20.8 Å². The minimum atomic E-state index is -1.49. The number of rotatable bonds is 2. The zero-order chi connectivity index (χ0) is 13.2. The molecule has 0 N–H and O–H groups in total. The molecule has 1 atom stereocenters. The lowest BCUT2D eigenvalue weighted by atomic mass is 10.2. The van der Waals surface area contributed by atoms with Crippen LogP contribution >= 0.6 is 15.9 Å². The van der Waals surface area contributed by atoms with Crippen molar-refractivity contribution in [2.45, 2.75) is 25.5 Å². The number of hydrogen-bond donors (Lipinski definition) is 0. The molecule has 0 aromatic heterocycles. The van der Waals surface area contributed by atoms with Crippen LogP contribution in [0.15, 0.2) is 21.0 Å². The van der Waals surface area contributed by atoms with Crippen LogP contribution in [0.3, 0.4) is 0 Å². The van der Waals surface area contributed by atoms with Crippen molar-refractivity contribution < 1.29 is 13.3 Å². The van der Waals surface area contributed by atoms with Crippen LogP contribution in [-0.4, -0.2) is 15.5 Å². The van der Waals surface area contributed by atoms with Gasteiger partial charge in [-0.15, -0.1) is 0 Å². The third kappa shape index (κ3) is 4.04. The molecule has 0 bridgehead atoms. The minimum Gasteiger partial charge on any atom is -0.591 e. The molecule has 0 unspecified atom stereocenters.